The highest BCUT2D eigenvalue weighted by Crippen LogP contribution is 2.12. The molecule has 88 valence electrons. The maximum Gasteiger partial charge on any atom is 0.251 e. The topological polar surface area (TPSA) is 55.1 Å². The molecular weight excluding hydrogens is 200 g/mol. The van der Waals surface area contributed by atoms with Crippen molar-refractivity contribution in [2.24, 2.45) is 11.7 Å². The summed E-state index contributed by atoms with van der Waals surface area (Å²) >= 11 is 0. The molecule has 1 aromatic carbocycles. The van der Waals surface area contributed by atoms with Crippen molar-refractivity contribution in [2.75, 3.05) is 13.1 Å². The van der Waals surface area contributed by atoms with Gasteiger partial charge >= 0.3 is 0 Å². The van der Waals surface area contributed by atoms with Gasteiger partial charge in [-0.1, -0.05) is 19.1 Å². The molecule has 0 saturated heterocycles. The fraction of sp³-hybridized carbons (Fsp3) is 0.462. The van der Waals surface area contributed by atoms with Crippen LogP contribution in [0.1, 0.15) is 28.4 Å². The fourth-order valence-electron chi connectivity index (χ4n) is 1.44. The van der Waals surface area contributed by atoms with Gasteiger partial charge in [-0.25, -0.2) is 0 Å². The van der Waals surface area contributed by atoms with Crippen LogP contribution in [0.15, 0.2) is 18.2 Å². The Morgan fingerprint density at radius 2 is 2.12 bits per heavy atom. The minimum Gasteiger partial charge on any atom is -0.352 e. The standard InChI is InChI=1S/C13H20N2O/c1-9(7-14)8-15-13(16)12-6-4-5-10(2)11(12)3/h4-6,9H,7-8,14H2,1-3H3,(H,15,16). The smallest absolute Gasteiger partial charge is 0.251 e. The van der Waals surface area contributed by atoms with Crippen molar-refractivity contribution in [3.8, 4) is 0 Å². The number of benzene rings is 1. The minimum atomic E-state index is -0.0125. The molecule has 0 aliphatic rings. The van der Waals surface area contributed by atoms with Crippen LogP contribution in [0.3, 0.4) is 0 Å². The Kier molecular flexibility index (Phi) is 4.50. The molecule has 0 spiro atoms. The summed E-state index contributed by atoms with van der Waals surface area (Å²) in [5.74, 6) is 0.301. The largest absolute Gasteiger partial charge is 0.352 e. The normalized spacial score (nSPS) is 12.2. The lowest BCUT2D eigenvalue weighted by molar-refractivity contribution is 0.0948. The summed E-state index contributed by atoms with van der Waals surface area (Å²) in [5.41, 5.74) is 8.43. The lowest BCUT2D eigenvalue weighted by Crippen LogP contribution is -2.31. The number of aryl methyl sites for hydroxylation is 1. The highest BCUT2D eigenvalue weighted by atomic mass is 16.1. The van der Waals surface area contributed by atoms with Gasteiger partial charge in [-0.05, 0) is 43.5 Å². The van der Waals surface area contributed by atoms with Gasteiger partial charge in [0.1, 0.15) is 0 Å². The molecule has 1 atom stereocenters. The number of carbonyl (C=O) groups is 1. The number of nitrogens with two attached hydrogens (primary N) is 1. The predicted octanol–water partition coefficient (Wildman–Crippen LogP) is 1.63. The molecule has 0 heterocycles. The number of amides is 1. The summed E-state index contributed by atoms with van der Waals surface area (Å²) in [6, 6.07) is 5.77. The van der Waals surface area contributed by atoms with Crippen LogP contribution in [0, 0.1) is 19.8 Å². The van der Waals surface area contributed by atoms with E-state index in [0.717, 1.165) is 16.7 Å². The second-order valence-electron chi connectivity index (χ2n) is 4.30. The zero-order valence-electron chi connectivity index (χ0n) is 10.2. The van der Waals surface area contributed by atoms with E-state index >= 15 is 0 Å². The van der Waals surface area contributed by atoms with E-state index in [1.165, 1.54) is 0 Å². The van der Waals surface area contributed by atoms with Gasteiger partial charge in [-0.3, -0.25) is 4.79 Å². The first-order valence-electron chi connectivity index (χ1n) is 5.60. The van der Waals surface area contributed by atoms with Crippen molar-refractivity contribution < 1.29 is 4.79 Å². The first kappa shape index (κ1) is 12.7. The van der Waals surface area contributed by atoms with Crippen molar-refractivity contribution in [3.05, 3.63) is 34.9 Å². The van der Waals surface area contributed by atoms with E-state index in [-0.39, 0.29) is 5.91 Å². The third-order valence-corrected chi connectivity index (χ3v) is 2.86. The number of carbonyl (C=O) groups excluding carboxylic acids is 1. The Labute approximate surface area is 97.0 Å². The molecule has 0 aliphatic carbocycles. The first-order valence-corrected chi connectivity index (χ1v) is 5.60. The molecule has 0 saturated carbocycles. The maximum absolute atomic E-state index is 11.9. The molecule has 3 N–H and O–H groups in total. The van der Waals surface area contributed by atoms with Gasteiger partial charge in [0.25, 0.3) is 5.91 Å². The SMILES string of the molecule is Cc1cccc(C(=O)NCC(C)CN)c1C. The van der Waals surface area contributed by atoms with Gasteiger partial charge in [0.15, 0.2) is 0 Å². The van der Waals surface area contributed by atoms with Crippen LogP contribution >= 0.6 is 0 Å². The summed E-state index contributed by atoms with van der Waals surface area (Å²) in [6.07, 6.45) is 0. The summed E-state index contributed by atoms with van der Waals surface area (Å²) < 4.78 is 0. The van der Waals surface area contributed by atoms with Crippen LogP contribution in [0.5, 0.6) is 0 Å². The molecule has 0 radical (unpaired) electrons. The van der Waals surface area contributed by atoms with E-state index < -0.39 is 0 Å². The lowest BCUT2D eigenvalue weighted by Gasteiger charge is -2.12. The fourth-order valence-corrected chi connectivity index (χ4v) is 1.44. The van der Waals surface area contributed by atoms with E-state index in [0.29, 0.717) is 19.0 Å². The lowest BCUT2D eigenvalue weighted by atomic mass is 10.0. The summed E-state index contributed by atoms with van der Waals surface area (Å²) in [6.45, 7) is 7.21. The van der Waals surface area contributed by atoms with Crippen LogP contribution in [0.4, 0.5) is 0 Å². The molecular formula is C13H20N2O. The minimum absolute atomic E-state index is 0.0125. The first-order chi connectivity index (χ1) is 7.56. The number of hydrogen-bond acceptors (Lipinski definition) is 2. The van der Waals surface area contributed by atoms with E-state index in [1.54, 1.807) is 0 Å². The zero-order valence-corrected chi connectivity index (χ0v) is 10.2. The highest BCUT2D eigenvalue weighted by molar-refractivity contribution is 5.95. The second kappa shape index (κ2) is 5.66. The molecule has 0 aromatic heterocycles. The molecule has 1 rings (SSSR count). The van der Waals surface area contributed by atoms with Gasteiger partial charge < -0.3 is 11.1 Å². The summed E-state index contributed by atoms with van der Waals surface area (Å²) in [5, 5.41) is 2.90. The van der Waals surface area contributed by atoms with Crippen molar-refractivity contribution in [1.29, 1.82) is 0 Å². The van der Waals surface area contributed by atoms with Crippen molar-refractivity contribution in [3.63, 3.8) is 0 Å². The Morgan fingerprint density at radius 1 is 1.44 bits per heavy atom. The van der Waals surface area contributed by atoms with Crippen LogP contribution in [0.2, 0.25) is 0 Å². The summed E-state index contributed by atoms with van der Waals surface area (Å²) in [7, 11) is 0. The van der Waals surface area contributed by atoms with Crippen LogP contribution in [-0.2, 0) is 0 Å². The van der Waals surface area contributed by atoms with Crippen molar-refractivity contribution in [2.45, 2.75) is 20.8 Å². The van der Waals surface area contributed by atoms with Gasteiger partial charge in [-0.2, -0.15) is 0 Å². The molecule has 16 heavy (non-hydrogen) atoms. The Morgan fingerprint density at radius 3 is 2.75 bits per heavy atom. The molecule has 3 nitrogen and oxygen atoms in total. The van der Waals surface area contributed by atoms with Gasteiger partial charge in [0.2, 0.25) is 0 Å². The van der Waals surface area contributed by atoms with Crippen molar-refractivity contribution >= 4 is 5.91 Å². The molecule has 0 bridgehead atoms. The van der Waals surface area contributed by atoms with Gasteiger partial charge in [0, 0.05) is 12.1 Å². The van der Waals surface area contributed by atoms with Gasteiger partial charge in [-0.15, -0.1) is 0 Å². The van der Waals surface area contributed by atoms with Crippen LogP contribution < -0.4 is 11.1 Å². The van der Waals surface area contributed by atoms with Crippen molar-refractivity contribution in [1.82, 2.24) is 5.32 Å². The highest BCUT2D eigenvalue weighted by Gasteiger charge is 2.10. The number of hydrogen-bond donors (Lipinski definition) is 2. The van der Waals surface area contributed by atoms with E-state index in [9.17, 15) is 4.79 Å². The molecule has 1 aromatic rings. The van der Waals surface area contributed by atoms with Crippen LogP contribution in [-0.4, -0.2) is 19.0 Å². The molecule has 1 amide bonds. The monoisotopic (exact) mass is 220 g/mol. The number of nitrogens with one attached hydrogen (secondary N) is 1. The average Bonchev–Trinajstić information content (AvgIpc) is 2.29. The Bertz CT molecular complexity index is 374. The average molecular weight is 220 g/mol. The maximum atomic E-state index is 11.9. The molecule has 1 unspecified atom stereocenters. The molecule has 0 fully saturated rings. The summed E-state index contributed by atoms with van der Waals surface area (Å²) in [4.78, 5) is 11.9. The predicted molar refractivity (Wildman–Crippen MR) is 66.5 cm³/mol. The Hall–Kier alpha value is -1.35. The Balaban J connectivity index is 2.70. The molecule has 0 aliphatic heterocycles. The molecule has 3 heteroatoms. The van der Waals surface area contributed by atoms with Gasteiger partial charge in [0.05, 0.1) is 0 Å². The second-order valence-corrected chi connectivity index (χ2v) is 4.30. The van der Waals surface area contributed by atoms with Crippen LogP contribution in [0.25, 0.3) is 0 Å². The third-order valence-electron chi connectivity index (χ3n) is 2.86. The van der Waals surface area contributed by atoms with E-state index in [4.69, 9.17) is 5.73 Å². The van der Waals surface area contributed by atoms with E-state index in [1.807, 2.05) is 39.0 Å². The van der Waals surface area contributed by atoms with E-state index in [2.05, 4.69) is 5.32 Å². The number of rotatable bonds is 4. The third kappa shape index (κ3) is 3.07. The zero-order chi connectivity index (χ0) is 12.1. The quantitative estimate of drug-likeness (QED) is 0.810.